The Hall–Kier alpha value is -1.93. The average molecular weight is 411 g/mol. The van der Waals surface area contributed by atoms with Crippen LogP contribution in [0, 0.1) is 10.1 Å². The van der Waals surface area contributed by atoms with Crippen LogP contribution in [0.4, 0.5) is 11.4 Å². The van der Waals surface area contributed by atoms with Gasteiger partial charge in [0.1, 0.15) is 4.90 Å². The molecule has 0 amide bonds. The second-order valence-corrected chi connectivity index (χ2v) is 8.59. The zero-order chi connectivity index (χ0) is 17.5. The number of halogens is 1. The second kappa shape index (κ2) is 6.18. The van der Waals surface area contributed by atoms with Crippen molar-refractivity contribution in [2.24, 2.45) is 0 Å². The molecule has 24 heavy (non-hydrogen) atoms. The zero-order valence-corrected chi connectivity index (χ0v) is 15.2. The molecule has 0 radical (unpaired) electrons. The molecule has 1 aliphatic rings. The van der Waals surface area contributed by atoms with Gasteiger partial charge in [0.25, 0.3) is 5.69 Å². The highest BCUT2D eigenvalue weighted by Gasteiger charge is 2.26. The zero-order valence-electron chi connectivity index (χ0n) is 12.8. The lowest BCUT2D eigenvalue weighted by Gasteiger charge is -2.16. The van der Waals surface area contributed by atoms with Crippen LogP contribution in [0.1, 0.15) is 23.6 Å². The van der Waals surface area contributed by atoms with Crippen molar-refractivity contribution in [3.63, 3.8) is 0 Å². The van der Waals surface area contributed by atoms with Gasteiger partial charge in [-0.25, -0.2) is 8.42 Å². The molecule has 3 rings (SSSR count). The Kier molecular flexibility index (Phi) is 4.35. The van der Waals surface area contributed by atoms with Gasteiger partial charge in [0.15, 0.2) is 9.84 Å². The molecule has 6 nitrogen and oxygen atoms in total. The van der Waals surface area contributed by atoms with Gasteiger partial charge in [-0.05, 0) is 42.2 Å². The molecule has 2 aromatic rings. The van der Waals surface area contributed by atoms with Crippen molar-refractivity contribution in [1.29, 1.82) is 0 Å². The van der Waals surface area contributed by atoms with E-state index in [0.29, 0.717) is 5.69 Å². The van der Waals surface area contributed by atoms with Gasteiger partial charge in [-0.3, -0.25) is 10.1 Å². The van der Waals surface area contributed by atoms with Gasteiger partial charge < -0.3 is 5.32 Å². The third-order valence-electron chi connectivity index (χ3n) is 4.11. The Morgan fingerprint density at radius 3 is 2.71 bits per heavy atom. The number of sulfone groups is 1. The van der Waals surface area contributed by atoms with Crippen LogP contribution in [0.25, 0.3) is 0 Å². The molecule has 0 saturated heterocycles. The van der Waals surface area contributed by atoms with E-state index < -0.39 is 20.4 Å². The van der Waals surface area contributed by atoms with Crippen molar-refractivity contribution < 1.29 is 13.3 Å². The molecule has 1 atom stereocenters. The van der Waals surface area contributed by atoms with Gasteiger partial charge in [-0.2, -0.15) is 0 Å². The molecule has 0 aromatic heterocycles. The van der Waals surface area contributed by atoms with Crippen molar-refractivity contribution in [3.8, 4) is 0 Å². The number of fused-ring (bicyclic) bond motifs is 1. The highest BCUT2D eigenvalue weighted by atomic mass is 79.9. The number of benzene rings is 2. The van der Waals surface area contributed by atoms with Crippen LogP contribution in [0.3, 0.4) is 0 Å². The van der Waals surface area contributed by atoms with E-state index in [1.807, 2.05) is 18.2 Å². The lowest BCUT2D eigenvalue weighted by molar-refractivity contribution is -0.387. The molecular formula is C16H15BrN2O4S. The van der Waals surface area contributed by atoms with Crippen LogP contribution < -0.4 is 5.32 Å². The number of rotatable bonds is 4. The minimum absolute atomic E-state index is 0.0476. The fourth-order valence-electron chi connectivity index (χ4n) is 3.01. The van der Waals surface area contributed by atoms with Crippen LogP contribution >= 0.6 is 15.9 Å². The molecule has 1 N–H and O–H groups in total. The minimum Gasteiger partial charge on any atom is -0.378 e. The summed E-state index contributed by atoms with van der Waals surface area (Å²) in [5, 5.41) is 14.3. The van der Waals surface area contributed by atoms with E-state index in [1.54, 1.807) is 6.07 Å². The smallest absolute Gasteiger partial charge is 0.288 e. The van der Waals surface area contributed by atoms with Crippen molar-refractivity contribution in [2.45, 2.75) is 23.8 Å². The molecule has 1 unspecified atom stereocenters. The van der Waals surface area contributed by atoms with Crippen LogP contribution in [0.15, 0.2) is 45.8 Å². The number of nitrogens with zero attached hydrogens (tertiary/aromatic N) is 1. The SMILES string of the molecule is CS(=O)(=O)c1cc(NC2CCc3c(Br)cccc32)ccc1[N+](=O)[O-]. The molecule has 0 aliphatic heterocycles. The molecule has 126 valence electrons. The molecule has 2 aromatic carbocycles. The molecule has 8 heteroatoms. The summed E-state index contributed by atoms with van der Waals surface area (Å²) < 4.78 is 24.8. The van der Waals surface area contributed by atoms with Crippen molar-refractivity contribution >= 4 is 37.1 Å². The third kappa shape index (κ3) is 3.16. The Bertz CT molecular complexity index is 928. The Morgan fingerprint density at radius 1 is 1.29 bits per heavy atom. The first kappa shape index (κ1) is 16.9. The number of nitro groups is 1. The molecule has 0 saturated carbocycles. The van der Waals surface area contributed by atoms with Crippen LogP contribution in [0.5, 0.6) is 0 Å². The first-order valence-corrected chi connectivity index (χ1v) is 9.98. The van der Waals surface area contributed by atoms with Gasteiger partial charge >= 0.3 is 0 Å². The summed E-state index contributed by atoms with van der Waals surface area (Å²) in [7, 11) is -3.69. The summed E-state index contributed by atoms with van der Waals surface area (Å²) in [5.74, 6) is 0. The number of nitrogens with one attached hydrogen (secondary N) is 1. The number of anilines is 1. The van der Waals surface area contributed by atoms with E-state index in [0.717, 1.165) is 29.1 Å². The lowest BCUT2D eigenvalue weighted by atomic mass is 10.1. The summed E-state index contributed by atoms with van der Waals surface area (Å²) in [4.78, 5) is 10.1. The van der Waals surface area contributed by atoms with Crippen LogP contribution in [0.2, 0.25) is 0 Å². The fraction of sp³-hybridized carbons (Fsp3) is 0.250. The summed E-state index contributed by atoms with van der Waals surface area (Å²) in [5.41, 5.74) is 2.54. The molecular weight excluding hydrogens is 396 g/mol. The largest absolute Gasteiger partial charge is 0.378 e. The van der Waals surface area contributed by atoms with Crippen molar-refractivity contribution in [1.82, 2.24) is 0 Å². The molecule has 0 bridgehead atoms. The standard InChI is InChI=1S/C16H15BrN2O4S/c1-24(22,23)16-9-10(5-8-15(16)19(20)21)18-14-7-6-11-12(14)3-2-4-13(11)17/h2-5,8-9,14,18H,6-7H2,1H3. The Balaban J connectivity index is 1.96. The fourth-order valence-corrected chi connectivity index (χ4v) is 4.46. The van der Waals surface area contributed by atoms with Crippen molar-refractivity contribution in [3.05, 3.63) is 62.1 Å². The maximum Gasteiger partial charge on any atom is 0.288 e. The van der Waals surface area contributed by atoms with Crippen LogP contribution in [-0.2, 0) is 16.3 Å². The predicted molar refractivity (Wildman–Crippen MR) is 95.0 cm³/mol. The minimum atomic E-state index is -3.69. The van der Waals surface area contributed by atoms with Gasteiger partial charge in [0.05, 0.1) is 11.0 Å². The maximum atomic E-state index is 11.9. The monoisotopic (exact) mass is 410 g/mol. The van der Waals surface area contributed by atoms with E-state index in [1.165, 1.54) is 17.7 Å². The molecule has 1 aliphatic carbocycles. The first-order chi connectivity index (χ1) is 11.3. The first-order valence-electron chi connectivity index (χ1n) is 7.29. The van der Waals surface area contributed by atoms with E-state index in [-0.39, 0.29) is 10.9 Å². The summed E-state index contributed by atoms with van der Waals surface area (Å²) in [6.07, 6.45) is 2.77. The highest BCUT2D eigenvalue weighted by molar-refractivity contribution is 9.10. The normalized spacial score (nSPS) is 16.7. The highest BCUT2D eigenvalue weighted by Crippen LogP contribution is 2.38. The van der Waals surface area contributed by atoms with Crippen LogP contribution in [-0.4, -0.2) is 19.6 Å². The summed E-state index contributed by atoms with van der Waals surface area (Å²) in [6, 6.07) is 10.1. The van der Waals surface area contributed by atoms with E-state index >= 15 is 0 Å². The number of nitro benzene ring substituents is 1. The number of hydrogen-bond donors (Lipinski definition) is 1. The summed E-state index contributed by atoms with van der Waals surface area (Å²) >= 11 is 3.54. The maximum absolute atomic E-state index is 11.9. The summed E-state index contributed by atoms with van der Waals surface area (Å²) in [6.45, 7) is 0. The van der Waals surface area contributed by atoms with E-state index in [9.17, 15) is 18.5 Å². The Morgan fingerprint density at radius 2 is 2.04 bits per heavy atom. The van der Waals surface area contributed by atoms with E-state index in [2.05, 4.69) is 21.2 Å². The van der Waals surface area contributed by atoms with Crippen molar-refractivity contribution in [2.75, 3.05) is 11.6 Å². The molecule has 0 heterocycles. The van der Waals surface area contributed by atoms with E-state index in [4.69, 9.17) is 0 Å². The van der Waals surface area contributed by atoms with Gasteiger partial charge in [0, 0.05) is 22.5 Å². The quantitative estimate of drug-likeness (QED) is 0.610. The van der Waals surface area contributed by atoms with Gasteiger partial charge in [0.2, 0.25) is 0 Å². The number of hydrogen-bond acceptors (Lipinski definition) is 5. The Labute approximate surface area is 148 Å². The van der Waals surface area contributed by atoms with Gasteiger partial charge in [-0.1, -0.05) is 28.1 Å². The topological polar surface area (TPSA) is 89.3 Å². The lowest BCUT2D eigenvalue weighted by Crippen LogP contribution is -2.09. The average Bonchev–Trinajstić information content (AvgIpc) is 2.91. The molecule has 0 fully saturated rings. The third-order valence-corrected chi connectivity index (χ3v) is 5.98. The van der Waals surface area contributed by atoms with Gasteiger partial charge in [-0.15, -0.1) is 0 Å². The second-order valence-electron chi connectivity index (χ2n) is 5.75. The predicted octanol–water partition coefficient (Wildman–Crippen LogP) is 3.86. The molecule has 0 spiro atoms.